The van der Waals surface area contributed by atoms with Gasteiger partial charge in [0.1, 0.15) is 17.4 Å². The average molecular weight is 282 g/mol. The van der Waals surface area contributed by atoms with Gasteiger partial charge in [0.25, 0.3) is 0 Å². The summed E-state index contributed by atoms with van der Waals surface area (Å²) in [5, 5.41) is 16.7. The van der Waals surface area contributed by atoms with Crippen molar-refractivity contribution < 1.29 is 18.4 Å². The molecule has 0 amide bonds. The third kappa shape index (κ3) is 3.20. The van der Waals surface area contributed by atoms with Crippen LogP contribution in [0.5, 0.6) is 0 Å². The molecule has 20 heavy (non-hydrogen) atoms. The van der Waals surface area contributed by atoms with Gasteiger partial charge < -0.3 is 14.9 Å². The van der Waals surface area contributed by atoms with Crippen molar-refractivity contribution >= 4 is 0 Å². The Morgan fingerprint density at radius 1 is 1.35 bits per heavy atom. The number of aliphatic hydroxyl groups is 1. The van der Waals surface area contributed by atoms with E-state index in [1.54, 1.807) is 6.92 Å². The molecule has 1 heterocycles. The molecule has 4 nitrogen and oxygen atoms in total. The SMILES string of the molecule is Cc1noc(C)c1CNCC(O)c1ccc(F)cc1F. The third-order valence-corrected chi connectivity index (χ3v) is 3.14. The summed E-state index contributed by atoms with van der Waals surface area (Å²) in [4.78, 5) is 0. The number of nitrogens with zero attached hydrogens (tertiary/aromatic N) is 1. The highest BCUT2D eigenvalue weighted by atomic mass is 19.1. The Kier molecular flexibility index (Phi) is 4.46. The molecule has 0 spiro atoms. The van der Waals surface area contributed by atoms with Gasteiger partial charge in [-0.25, -0.2) is 8.78 Å². The fourth-order valence-electron chi connectivity index (χ4n) is 1.97. The van der Waals surface area contributed by atoms with E-state index in [4.69, 9.17) is 4.52 Å². The number of halogens is 2. The lowest BCUT2D eigenvalue weighted by Crippen LogP contribution is -2.22. The highest BCUT2D eigenvalue weighted by Crippen LogP contribution is 2.18. The van der Waals surface area contributed by atoms with Crippen LogP contribution in [0.15, 0.2) is 22.7 Å². The summed E-state index contributed by atoms with van der Waals surface area (Å²) >= 11 is 0. The summed E-state index contributed by atoms with van der Waals surface area (Å²) in [5.74, 6) is -0.712. The van der Waals surface area contributed by atoms with Gasteiger partial charge >= 0.3 is 0 Å². The molecule has 0 aliphatic heterocycles. The van der Waals surface area contributed by atoms with Crippen LogP contribution in [-0.4, -0.2) is 16.8 Å². The number of aromatic nitrogens is 1. The number of rotatable bonds is 5. The average Bonchev–Trinajstić information content (AvgIpc) is 2.70. The first-order valence-corrected chi connectivity index (χ1v) is 6.24. The minimum Gasteiger partial charge on any atom is -0.387 e. The smallest absolute Gasteiger partial charge is 0.138 e. The lowest BCUT2D eigenvalue weighted by molar-refractivity contribution is 0.169. The fourth-order valence-corrected chi connectivity index (χ4v) is 1.97. The maximum Gasteiger partial charge on any atom is 0.138 e. The van der Waals surface area contributed by atoms with Crippen LogP contribution < -0.4 is 5.32 Å². The second-order valence-corrected chi connectivity index (χ2v) is 4.62. The van der Waals surface area contributed by atoms with Crippen molar-refractivity contribution in [1.82, 2.24) is 10.5 Å². The summed E-state index contributed by atoms with van der Waals surface area (Å²) in [6.45, 7) is 4.23. The van der Waals surface area contributed by atoms with Gasteiger partial charge in [-0.1, -0.05) is 11.2 Å². The summed E-state index contributed by atoms with van der Waals surface area (Å²) in [6.07, 6.45) is -1.05. The Morgan fingerprint density at radius 3 is 2.70 bits per heavy atom. The van der Waals surface area contributed by atoms with Crippen LogP contribution in [0.3, 0.4) is 0 Å². The highest BCUT2D eigenvalue weighted by Gasteiger charge is 2.14. The van der Waals surface area contributed by atoms with Gasteiger partial charge in [0.2, 0.25) is 0 Å². The van der Waals surface area contributed by atoms with Gasteiger partial charge in [-0.15, -0.1) is 0 Å². The molecular formula is C14H16F2N2O2. The van der Waals surface area contributed by atoms with E-state index in [9.17, 15) is 13.9 Å². The van der Waals surface area contributed by atoms with Crippen LogP contribution >= 0.6 is 0 Å². The zero-order valence-electron chi connectivity index (χ0n) is 11.3. The molecule has 1 atom stereocenters. The van der Waals surface area contributed by atoms with E-state index in [1.807, 2.05) is 6.92 Å². The fraction of sp³-hybridized carbons (Fsp3) is 0.357. The molecule has 1 unspecified atom stereocenters. The highest BCUT2D eigenvalue weighted by molar-refractivity contribution is 5.22. The van der Waals surface area contributed by atoms with Crippen molar-refractivity contribution in [3.63, 3.8) is 0 Å². The van der Waals surface area contributed by atoms with Crippen molar-refractivity contribution in [2.24, 2.45) is 0 Å². The Labute approximate surface area is 115 Å². The van der Waals surface area contributed by atoms with E-state index >= 15 is 0 Å². The summed E-state index contributed by atoms with van der Waals surface area (Å²) < 4.78 is 31.3. The van der Waals surface area contributed by atoms with Gasteiger partial charge in [0.15, 0.2) is 0 Å². The molecule has 2 rings (SSSR count). The molecule has 6 heteroatoms. The van der Waals surface area contributed by atoms with E-state index in [0.29, 0.717) is 12.3 Å². The molecule has 0 saturated carbocycles. The van der Waals surface area contributed by atoms with E-state index in [-0.39, 0.29) is 12.1 Å². The van der Waals surface area contributed by atoms with Crippen LogP contribution in [0, 0.1) is 25.5 Å². The molecule has 0 bridgehead atoms. The monoisotopic (exact) mass is 282 g/mol. The third-order valence-electron chi connectivity index (χ3n) is 3.14. The van der Waals surface area contributed by atoms with Gasteiger partial charge in [-0.2, -0.15) is 0 Å². The van der Waals surface area contributed by atoms with Gasteiger partial charge in [0.05, 0.1) is 11.8 Å². The lowest BCUT2D eigenvalue weighted by Gasteiger charge is -2.13. The van der Waals surface area contributed by atoms with E-state index in [0.717, 1.165) is 23.4 Å². The number of hydrogen-bond acceptors (Lipinski definition) is 4. The number of aliphatic hydroxyl groups excluding tert-OH is 1. The number of aryl methyl sites for hydroxylation is 2. The molecule has 0 aliphatic rings. The minimum absolute atomic E-state index is 0.0673. The summed E-state index contributed by atoms with van der Waals surface area (Å²) in [7, 11) is 0. The Hall–Kier alpha value is -1.79. The standard InChI is InChI=1S/C14H16F2N2O2/c1-8-12(9(2)20-18-8)6-17-7-14(19)11-4-3-10(15)5-13(11)16/h3-5,14,17,19H,6-7H2,1-2H3. The molecule has 108 valence electrons. The predicted molar refractivity (Wildman–Crippen MR) is 69.0 cm³/mol. The number of nitrogens with one attached hydrogen (secondary N) is 1. The van der Waals surface area contributed by atoms with E-state index < -0.39 is 17.7 Å². The molecular weight excluding hydrogens is 266 g/mol. The zero-order chi connectivity index (χ0) is 14.7. The summed E-state index contributed by atoms with van der Waals surface area (Å²) in [5.41, 5.74) is 1.76. The molecule has 1 aromatic carbocycles. The maximum atomic E-state index is 13.5. The Balaban J connectivity index is 1.94. The van der Waals surface area contributed by atoms with Crippen molar-refractivity contribution in [3.8, 4) is 0 Å². The molecule has 0 fully saturated rings. The lowest BCUT2D eigenvalue weighted by atomic mass is 10.1. The maximum absolute atomic E-state index is 13.5. The Bertz CT molecular complexity index is 579. The summed E-state index contributed by atoms with van der Waals surface area (Å²) in [6, 6.07) is 3.12. The van der Waals surface area contributed by atoms with Crippen LogP contribution in [0.4, 0.5) is 8.78 Å². The molecule has 0 radical (unpaired) electrons. The first-order valence-electron chi connectivity index (χ1n) is 6.24. The van der Waals surface area contributed by atoms with Crippen molar-refractivity contribution in [2.75, 3.05) is 6.54 Å². The van der Waals surface area contributed by atoms with Gasteiger partial charge in [-0.3, -0.25) is 0 Å². The van der Waals surface area contributed by atoms with Crippen LogP contribution in [0.2, 0.25) is 0 Å². The first-order chi connectivity index (χ1) is 9.49. The normalized spacial score (nSPS) is 12.7. The first kappa shape index (κ1) is 14.6. The second kappa shape index (κ2) is 6.11. The second-order valence-electron chi connectivity index (χ2n) is 4.62. The number of hydrogen-bond donors (Lipinski definition) is 2. The predicted octanol–water partition coefficient (Wildman–Crippen LogP) is 2.39. The molecule has 0 aliphatic carbocycles. The van der Waals surface area contributed by atoms with Crippen LogP contribution in [0.1, 0.15) is 28.7 Å². The van der Waals surface area contributed by atoms with Gasteiger partial charge in [0, 0.05) is 30.3 Å². The molecule has 0 saturated heterocycles. The largest absolute Gasteiger partial charge is 0.387 e. The van der Waals surface area contributed by atoms with Gasteiger partial charge in [-0.05, 0) is 19.9 Å². The van der Waals surface area contributed by atoms with E-state index in [2.05, 4.69) is 10.5 Å². The topological polar surface area (TPSA) is 58.3 Å². The quantitative estimate of drug-likeness (QED) is 0.884. The molecule has 2 N–H and O–H groups in total. The number of benzene rings is 1. The van der Waals surface area contributed by atoms with Crippen molar-refractivity contribution in [2.45, 2.75) is 26.5 Å². The Morgan fingerprint density at radius 2 is 2.10 bits per heavy atom. The minimum atomic E-state index is -1.05. The zero-order valence-corrected chi connectivity index (χ0v) is 11.3. The molecule has 2 aromatic rings. The van der Waals surface area contributed by atoms with Crippen molar-refractivity contribution in [3.05, 3.63) is 52.4 Å². The van der Waals surface area contributed by atoms with Crippen molar-refractivity contribution in [1.29, 1.82) is 0 Å². The van der Waals surface area contributed by atoms with E-state index in [1.165, 1.54) is 6.07 Å². The molecule has 1 aromatic heterocycles. The van der Waals surface area contributed by atoms with Crippen LogP contribution in [-0.2, 0) is 6.54 Å². The van der Waals surface area contributed by atoms with Crippen LogP contribution in [0.25, 0.3) is 0 Å².